The zero-order valence-electron chi connectivity index (χ0n) is 14.0. The number of rotatable bonds is 5. The molecule has 0 aliphatic heterocycles. The molecule has 0 saturated heterocycles. The van der Waals surface area contributed by atoms with Crippen molar-refractivity contribution in [3.05, 3.63) is 6.92 Å². The zero-order chi connectivity index (χ0) is 18.7. The monoisotopic (exact) mass is 371 g/mol. The van der Waals surface area contributed by atoms with E-state index < -0.39 is 23.9 Å². The summed E-state index contributed by atoms with van der Waals surface area (Å²) >= 11 is 0. The quantitative estimate of drug-likeness (QED) is 0.425. The van der Waals surface area contributed by atoms with Gasteiger partial charge in [0.15, 0.2) is 6.92 Å². The van der Waals surface area contributed by atoms with E-state index in [1.165, 1.54) is 0 Å². The van der Waals surface area contributed by atoms with Gasteiger partial charge < -0.3 is 20.4 Å². The molecule has 0 aliphatic rings. The van der Waals surface area contributed by atoms with Crippen molar-refractivity contribution in [3.63, 3.8) is 0 Å². The molecule has 134 valence electrons. The van der Waals surface area contributed by atoms with E-state index in [2.05, 4.69) is 6.92 Å². The van der Waals surface area contributed by atoms with E-state index in [0.717, 1.165) is 39.5 Å². The van der Waals surface area contributed by atoms with E-state index >= 15 is 0 Å². The van der Waals surface area contributed by atoms with Crippen LogP contribution < -0.4 is 0 Å². The fourth-order valence-electron chi connectivity index (χ4n) is 1.09. The molecular formula is C14H27O8Ti+. The van der Waals surface area contributed by atoms with Crippen molar-refractivity contribution in [1.29, 1.82) is 0 Å². The second kappa shape index (κ2) is 25.4. The Balaban J connectivity index is -0.0000000700. The van der Waals surface area contributed by atoms with Crippen LogP contribution in [0.2, 0.25) is 0 Å². The summed E-state index contributed by atoms with van der Waals surface area (Å²) in [7, 11) is 0. The fraction of sp³-hybridized carbons (Fsp3) is 0.643. The van der Waals surface area contributed by atoms with Gasteiger partial charge in [0.25, 0.3) is 11.9 Å². The number of hydrogen-bond donors (Lipinski definition) is 4. The van der Waals surface area contributed by atoms with Crippen molar-refractivity contribution in [1.82, 2.24) is 0 Å². The Morgan fingerprint density at radius 2 is 1.00 bits per heavy atom. The maximum Gasteiger partial charge on any atom is 0.490 e. The van der Waals surface area contributed by atoms with Crippen LogP contribution >= 0.6 is 0 Å². The Morgan fingerprint density at radius 3 is 1.09 bits per heavy atom. The summed E-state index contributed by atoms with van der Waals surface area (Å²) in [5, 5.41) is 30.8. The van der Waals surface area contributed by atoms with Gasteiger partial charge in [-0.25, -0.2) is 0 Å². The summed E-state index contributed by atoms with van der Waals surface area (Å²) in [6.45, 7) is 8.76. The maximum absolute atomic E-state index is 10.5. The predicted octanol–water partition coefficient (Wildman–Crippen LogP) is 2.37. The summed E-state index contributed by atoms with van der Waals surface area (Å²) in [6, 6.07) is 0. The number of carboxylic acids is 4. The largest absolute Gasteiger partial charge is 0.490 e. The Hall–Kier alpha value is -1.54. The van der Waals surface area contributed by atoms with E-state index in [0.29, 0.717) is 0 Å². The molecule has 0 aromatic rings. The van der Waals surface area contributed by atoms with Crippen molar-refractivity contribution >= 4 is 23.9 Å². The van der Waals surface area contributed by atoms with Crippen molar-refractivity contribution in [3.8, 4) is 0 Å². The molecule has 0 rings (SSSR count). The van der Waals surface area contributed by atoms with Crippen molar-refractivity contribution in [2.45, 2.75) is 53.4 Å². The van der Waals surface area contributed by atoms with Gasteiger partial charge in [0.2, 0.25) is 0 Å². The Bertz CT molecular complexity index is 271. The van der Waals surface area contributed by atoms with E-state index in [4.69, 9.17) is 34.8 Å². The van der Waals surface area contributed by atoms with Crippen LogP contribution in [-0.4, -0.2) is 44.3 Å². The molecule has 0 unspecified atom stereocenters. The molecule has 0 aliphatic carbocycles. The van der Waals surface area contributed by atoms with Gasteiger partial charge in [-0.1, -0.05) is 26.7 Å². The summed E-state index contributed by atoms with van der Waals surface area (Å²) in [6.07, 6.45) is 3.58. The van der Waals surface area contributed by atoms with Gasteiger partial charge in [-0.05, 0) is 12.8 Å². The first-order valence-electron chi connectivity index (χ1n) is 6.58. The minimum absolute atomic E-state index is 0. The van der Waals surface area contributed by atoms with E-state index in [1.807, 2.05) is 13.8 Å². The fourth-order valence-corrected chi connectivity index (χ4v) is 1.09. The van der Waals surface area contributed by atoms with Crippen LogP contribution in [0.25, 0.3) is 0 Å². The minimum atomic E-state index is -1.08. The maximum atomic E-state index is 10.5. The van der Waals surface area contributed by atoms with Gasteiger partial charge in [0.1, 0.15) is 0 Å². The Morgan fingerprint density at radius 1 is 0.826 bits per heavy atom. The van der Waals surface area contributed by atoms with E-state index in [9.17, 15) is 4.79 Å². The Kier molecular flexibility index (Phi) is 36.6. The van der Waals surface area contributed by atoms with E-state index in [1.54, 1.807) is 0 Å². The number of carboxylic acid groups (broad SMARTS) is 4. The molecule has 9 heteroatoms. The Labute approximate surface area is 151 Å². The van der Waals surface area contributed by atoms with Crippen LogP contribution in [0.15, 0.2) is 0 Å². The molecule has 23 heavy (non-hydrogen) atoms. The summed E-state index contributed by atoms with van der Waals surface area (Å²) in [5.41, 5.74) is 0. The second-order valence-electron chi connectivity index (χ2n) is 4.04. The van der Waals surface area contributed by atoms with Crippen LogP contribution in [-0.2, 0) is 40.9 Å². The van der Waals surface area contributed by atoms with Crippen LogP contribution in [0.5, 0.6) is 0 Å². The van der Waals surface area contributed by atoms with Crippen molar-refractivity contribution in [2.75, 3.05) is 0 Å². The van der Waals surface area contributed by atoms with Crippen LogP contribution in [0.1, 0.15) is 53.4 Å². The van der Waals surface area contributed by atoms with Crippen molar-refractivity contribution < 1.29 is 61.3 Å². The minimum Gasteiger partial charge on any atom is -0.481 e. The van der Waals surface area contributed by atoms with Crippen molar-refractivity contribution in [2.24, 2.45) is 5.92 Å². The molecule has 8 nitrogen and oxygen atoms in total. The standard InChI is InChI=1S/C8H16O2.2C2H4O2.C2H2O2.Ti/c1-3-5-7(6-4-2)8(9)10;3*1-2(3)4;/h7H,3-6H2,1-2H3,(H,9,10);2*1H3,(H,3,4);1H2;/p+1. The summed E-state index contributed by atoms with van der Waals surface area (Å²) in [5.74, 6) is -3.49. The number of hydrogen-bond acceptors (Lipinski definition) is 4. The number of aliphatic carboxylic acids is 4. The molecule has 0 saturated carbocycles. The molecule has 0 fully saturated rings. The van der Waals surface area contributed by atoms with Crippen LogP contribution in [0.4, 0.5) is 0 Å². The zero-order valence-corrected chi connectivity index (χ0v) is 15.6. The third kappa shape index (κ3) is 97.4. The predicted molar refractivity (Wildman–Crippen MR) is 80.6 cm³/mol. The van der Waals surface area contributed by atoms with Gasteiger partial charge in [-0.3, -0.25) is 14.4 Å². The first-order valence-corrected chi connectivity index (χ1v) is 6.58. The van der Waals surface area contributed by atoms with Gasteiger partial charge in [0.05, 0.1) is 5.92 Å². The molecular weight excluding hydrogens is 344 g/mol. The molecule has 0 bridgehead atoms. The average molecular weight is 371 g/mol. The second-order valence-corrected chi connectivity index (χ2v) is 4.04. The van der Waals surface area contributed by atoms with E-state index in [-0.39, 0.29) is 27.6 Å². The molecule has 0 amide bonds. The molecule has 0 aromatic heterocycles. The molecule has 0 aromatic carbocycles. The van der Waals surface area contributed by atoms with Crippen LogP contribution in [0, 0.1) is 12.8 Å². The van der Waals surface area contributed by atoms with Gasteiger partial charge in [-0.2, -0.15) is 4.79 Å². The molecule has 0 heterocycles. The smallest absolute Gasteiger partial charge is 0.481 e. The molecule has 4 N–H and O–H groups in total. The normalized spacial score (nSPS) is 7.70. The summed E-state index contributed by atoms with van der Waals surface area (Å²) < 4.78 is 0. The van der Waals surface area contributed by atoms with Crippen LogP contribution in [0.3, 0.4) is 0 Å². The molecule has 0 spiro atoms. The third-order valence-corrected chi connectivity index (χ3v) is 1.62. The first-order chi connectivity index (χ1) is 9.91. The topological polar surface area (TPSA) is 149 Å². The average Bonchev–Trinajstić information content (AvgIpc) is 2.26. The first kappa shape index (κ1) is 33.2. The molecule has 0 atom stereocenters. The molecule has 0 radical (unpaired) electrons. The van der Waals surface area contributed by atoms with Gasteiger partial charge in [0, 0.05) is 35.6 Å². The summed E-state index contributed by atoms with van der Waals surface area (Å²) in [4.78, 5) is 37.4. The SMILES string of the molecule is CC(=O)O.CC(=O)O.CCCC(CCC)C(=O)O.[CH2+]C(=O)O.[Ti]. The number of carbonyl (C=O) groups is 4. The third-order valence-electron chi connectivity index (χ3n) is 1.62. The van der Waals surface area contributed by atoms with Gasteiger partial charge in [-0.15, -0.1) is 0 Å². The van der Waals surface area contributed by atoms with Gasteiger partial charge >= 0.3 is 11.9 Å².